The van der Waals surface area contributed by atoms with Gasteiger partial charge in [0.25, 0.3) is 5.91 Å². The van der Waals surface area contributed by atoms with Crippen molar-refractivity contribution in [2.45, 2.75) is 134 Å². The number of amides is 5. The number of rotatable bonds is 12. The van der Waals surface area contributed by atoms with Gasteiger partial charge in [0.15, 0.2) is 15.9 Å². The van der Waals surface area contributed by atoms with Crippen molar-refractivity contribution < 1.29 is 32.7 Å². The molecule has 8 atom stereocenters. The van der Waals surface area contributed by atoms with Gasteiger partial charge in [-0.1, -0.05) is 53.5 Å². The molecule has 0 aromatic carbocycles. The molecule has 5 amide bonds. The number of hydrogen-bond acceptors (Lipinski definition) is 7. The summed E-state index contributed by atoms with van der Waals surface area (Å²) in [6, 6.07) is -4.18. The largest absolute Gasteiger partial charge is 0.381 e. The zero-order chi connectivity index (χ0) is 36.4. The summed E-state index contributed by atoms with van der Waals surface area (Å²) >= 11 is 0. The van der Waals surface area contributed by atoms with Gasteiger partial charge in [-0.15, -0.1) is 18.9 Å². The van der Waals surface area contributed by atoms with Crippen molar-refractivity contribution in [1.82, 2.24) is 26.2 Å². The lowest BCUT2D eigenvalue weighted by Gasteiger charge is -2.39. The van der Waals surface area contributed by atoms with E-state index in [4.69, 9.17) is 6.42 Å². The van der Waals surface area contributed by atoms with Gasteiger partial charge in [-0.05, 0) is 62.7 Å². The molecule has 1 saturated heterocycles. The van der Waals surface area contributed by atoms with Crippen LogP contribution in [0.5, 0.6) is 0 Å². The summed E-state index contributed by atoms with van der Waals surface area (Å²) < 4.78 is 25.8. The van der Waals surface area contributed by atoms with Crippen LogP contribution in [0, 0.1) is 35.0 Å². The van der Waals surface area contributed by atoms with Crippen LogP contribution in [0.4, 0.5) is 4.79 Å². The highest BCUT2D eigenvalue weighted by Crippen LogP contribution is 2.65. The molecule has 48 heavy (non-hydrogen) atoms. The Balaban J connectivity index is 1.83. The Kier molecular flexibility index (Phi) is 12.1. The molecule has 2 saturated carbocycles. The molecule has 0 bridgehead atoms. The summed E-state index contributed by atoms with van der Waals surface area (Å²) in [5.74, 6) is 0.732. The average molecular weight is 692 g/mol. The molecule has 0 spiro atoms. The quantitative estimate of drug-likeness (QED) is 0.154. The third kappa shape index (κ3) is 8.36. The standard InChI is InChI=1S/C35H57N5O7S/c1-11-13-16-23(27(41)30(43)36-19-12-2)37-29(42)26-25-21(35(25,9)10)20-40(26)31(44)28(33(3,4)5)39-32(45)38-22-17-14-15-18-24(22)48(46,47)34(6,7)8/h1,12,21-28,41H,2,13-20H2,3-10H3,(H,36,43)(H,37,42)(H2,38,39,45)/t21-,22-,23?,24+,25-,26-,27?,28+/m0/s1. The van der Waals surface area contributed by atoms with Crippen molar-refractivity contribution in [2.24, 2.45) is 22.7 Å². The first kappa shape index (κ1) is 39.3. The molecule has 0 aromatic rings. The third-order valence-corrected chi connectivity index (χ3v) is 13.5. The van der Waals surface area contributed by atoms with Crippen molar-refractivity contribution in [3.63, 3.8) is 0 Å². The van der Waals surface area contributed by atoms with Crippen LogP contribution in [0.3, 0.4) is 0 Å². The van der Waals surface area contributed by atoms with Gasteiger partial charge in [0.2, 0.25) is 11.8 Å². The topological polar surface area (TPSA) is 174 Å². The highest BCUT2D eigenvalue weighted by Gasteiger charge is 2.70. The second-order valence-corrected chi connectivity index (χ2v) is 19.1. The number of carbonyl (C=O) groups excluding carboxylic acids is 4. The number of nitrogens with zero attached hydrogens (tertiary/aromatic N) is 1. The van der Waals surface area contributed by atoms with Crippen LogP contribution in [-0.2, 0) is 24.2 Å². The van der Waals surface area contributed by atoms with Gasteiger partial charge in [-0.25, -0.2) is 13.2 Å². The van der Waals surface area contributed by atoms with E-state index in [2.05, 4.69) is 33.8 Å². The molecule has 13 heteroatoms. The van der Waals surface area contributed by atoms with Crippen LogP contribution in [0.25, 0.3) is 0 Å². The molecule has 12 nitrogen and oxygen atoms in total. The summed E-state index contributed by atoms with van der Waals surface area (Å²) in [6.45, 7) is 18.5. The Labute approximate surface area is 286 Å². The lowest BCUT2D eigenvalue weighted by molar-refractivity contribution is -0.144. The highest BCUT2D eigenvalue weighted by atomic mass is 32.2. The maximum absolute atomic E-state index is 14.3. The van der Waals surface area contributed by atoms with Crippen LogP contribution in [0.15, 0.2) is 12.7 Å². The Morgan fingerprint density at radius 3 is 2.27 bits per heavy atom. The zero-order valence-corrected chi connectivity index (χ0v) is 30.7. The normalized spacial score (nSPS) is 26.9. The molecule has 2 unspecified atom stereocenters. The Morgan fingerprint density at radius 1 is 1.08 bits per heavy atom. The first-order chi connectivity index (χ1) is 22.1. The second-order valence-electron chi connectivity index (χ2n) is 16.2. The predicted molar refractivity (Wildman–Crippen MR) is 185 cm³/mol. The van der Waals surface area contributed by atoms with Crippen molar-refractivity contribution in [3.05, 3.63) is 12.7 Å². The van der Waals surface area contributed by atoms with Gasteiger partial charge in [-0.3, -0.25) is 14.4 Å². The number of fused-ring (bicyclic) bond motifs is 1. The molecule has 1 aliphatic heterocycles. The summed E-state index contributed by atoms with van der Waals surface area (Å²) in [7, 11) is -3.56. The van der Waals surface area contributed by atoms with E-state index in [9.17, 15) is 32.7 Å². The second kappa shape index (κ2) is 14.8. The molecule has 3 aliphatic rings. The maximum Gasteiger partial charge on any atom is 0.315 e. The smallest absolute Gasteiger partial charge is 0.315 e. The van der Waals surface area contributed by atoms with Gasteiger partial charge in [0, 0.05) is 25.6 Å². The molecule has 270 valence electrons. The fourth-order valence-electron chi connectivity index (χ4n) is 7.33. The number of terminal acetylenes is 1. The fourth-order valence-corrected chi connectivity index (χ4v) is 9.35. The average Bonchev–Trinajstić information content (AvgIpc) is 3.30. The lowest BCUT2D eigenvalue weighted by atomic mass is 9.85. The third-order valence-electron chi connectivity index (χ3n) is 10.4. The van der Waals surface area contributed by atoms with Gasteiger partial charge in [0.1, 0.15) is 12.1 Å². The summed E-state index contributed by atoms with van der Waals surface area (Å²) in [6.07, 6.45) is 8.17. The Hall–Kier alpha value is -3.11. The van der Waals surface area contributed by atoms with Crippen LogP contribution < -0.4 is 21.3 Å². The van der Waals surface area contributed by atoms with Gasteiger partial charge in [0.05, 0.1) is 16.0 Å². The van der Waals surface area contributed by atoms with Crippen molar-refractivity contribution in [3.8, 4) is 12.3 Å². The van der Waals surface area contributed by atoms with Gasteiger partial charge in [-0.2, -0.15) is 0 Å². The van der Waals surface area contributed by atoms with E-state index in [1.54, 1.807) is 20.8 Å². The maximum atomic E-state index is 14.3. The number of carbonyl (C=O) groups is 4. The Bertz CT molecular complexity index is 1390. The number of nitrogens with one attached hydrogen (secondary N) is 4. The van der Waals surface area contributed by atoms with Crippen LogP contribution in [0.1, 0.15) is 93.9 Å². The van der Waals surface area contributed by atoms with E-state index in [0.29, 0.717) is 19.4 Å². The van der Waals surface area contributed by atoms with E-state index in [1.165, 1.54) is 11.0 Å². The molecule has 3 rings (SSSR count). The Morgan fingerprint density at radius 2 is 1.71 bits per heavy atom. The first-order valence-corrected chi connectivity index (χ1v) is 18.6. The van der Waals surface area contributed by atoms with E-state index in [0.717, 1.165) is 12.8 Å². The monoisotopic (exact) mass is 691 g/mol. The highest BCUT2D eigenvalue weighted by molar-refractivity contribution is 7.93. The van der Waals surface area contributed by atoms with Crippen molar-refractivity contribution >= 4 is 33.6 Å². The summed E-state index contributed by atoms with van der Waals surface area (Å²) in [5.41, 5.74) is -0.987. The SMILES string of the molecule is C#CCCC(NC(=O)[C@@H]1[C@@H]2[C@H](CN1C(=O)[C@@H](NC(=O)N[C@H]1CCCC[C@H]1S(=O)(=O)C(C)(C)C)C(C)(C)C)C2(C)C)C(O)C(=O)NCC=C. The number of urea groups is 1. The molecule has 3 fully saturated rings. The summed E-state index contributed by atoms with van der Waals surface area (Å²) in [5, 5.41) is 21.1. The minimum Gasteiger partial charge on any atom is -0.381 e. The minimum atomic E-state index is -3.56. The number of likely N-dealkylation sites (tertiary alicyclic amines) is 1. The predicted octanol–water partition coefficient (Wildman–Crippen LogP) is 2.27. The van der Waals surface area contributed by atoms with E-state index in [-0.39, 0.29) is 36.6 Å². The summed E-state index contributed by atoms with van der Waals surface area (Å²) in [4.78, 5) is 55.9. The fraction of sp³-hybridized carbons (Fsp3) is 0.771. The van der Waals surface area contributed by atoms with Crippen LogP contribution in [0.2, 0.25) is 0 Å². The van der Waals surface area contributed by atoms with E-state index in [1.807, 2.05) is 34.6 Å². The molecular weight excluding hydrogens is 634 g/mol. The van der Waals surface area contributed by atoms with Crippen LogP contribution in [-0.4, -0.2) is 95.5 Å². The van der Waals surface area contributed by atoms with Crippen molar-refractivity contribution in [2.75, 3.05) is 13.1 Å². The van der Waals surface area contributed by atoms with Gasteiger partial charge < -0.3 is 31.3 Å². The number of hydrogen-bond donors (Lipinski definition) is 5. The van der Waals surface area contributed by atoms with E-state index >= 15 is 0 Å². The number of aliphatic hydroxyl groups excluding tert-OH is 1. The van der Waals surface area contributed by atoms with Crippen LogP contribution >= 0.6 is 0 Å². The van der Waals surface area contributed by atoms with Crippen molar-refractivity contribution in [1.29, 1.82) is 0 Å². The number of aliphatic hydroxyl groups is 1. The first-order valence-electron chi connectivity index (χ1n) is 17.0. The number of piperidine rings is 1. The molecule has 2 aliphatic carbocycles. The van der Waals surface area contributed by atoms with E-state index < -0.39 is 79.3 Å². The lowest BCUT2D eigenvalue weighted by Crippen LogP contribution is -2.63. The molecule has 5 N–H and O–H groups in total. The molecular formula is C35H57N5O7S. The van der Waals surface area contributed by atoms with Gasteiger partial charge >= 0.3 is 6.03 Å². The minimum absolute atomic E-state index is 0.0437. The zero-order valence-electron chi connectivity index (χ0n) is 29.9. The molecule has 1 heterocycles. The molecule has 0 aromatic heterocycles. The number of sulfone groups is 1. The molecule has 0 radical (unpaired) electrons.